The number of fused-ring (bicyclic) bond motifs is 2. The lowest BCUT2D eigenvalue weighted by molar-refractivity contribution is 0.128. The van der Waals surface area contributed by atoms with Gasteiger partial charge in [0.05, 0.1) is 6.04 Å². The molecule has 1 fully saturated rings. The van der Waals surface area contributed by atoms with E-state index < -0.39 is 6.09 Å². The normalized spacial score (nSPS) is 26.1. The van der Waals surface area contributed by atoms with Crippen molar-refractivity contribution >= 4 is 23.3 Å². The summed E-state index contributed by atoms with van der Waals surface area (Å²) in [6, 6.07) is 7.95. The van der Waals surface area contributed by atoms with E-state index in [9.17, 15) is 9.90 Å². The second-order valence-corrected chi connectivity index (χ2v) is 5.33. The molecular weight excluding hydrogens is 250 g/mol. The average molecular weight is 264 g/mol. The molecule has 18 heavy (non-hydrogen) atoms. The van der Waals surface area contributed by atoms with Crippen LogP contribution in [0.25, 0.3) is 5.57 Å². The predicted octanol–water partition coefficient (Wildman–Crippen LogP) is 3.64. The molecule has 0 aliphatic carbocycles. The van der Waals surface area contributed by atoms with Gasteiger partial charge >= 0.3 is 6.09 Å². The topological polar surface area (TPSA) is 40.5 Å². The van der Waals surface area contributed by atoms with Crippen molar-refractivity contribution in [2.45, 2.75) is 31.3 Å². The molecule has 1 amide bonds. The summed E-state index contributed by atoms with van der Waals surface area (Å²) >= 11 is 5.88. The third-order valence-electron chi connectivity index (χ3n) is 3.83. The Bertz CT molecular complexity index is 509. The minimum atomic E-state index is -0.797. The molecule has 3 nitrogen and oxygen atoms in total. The van der Waals surface area contributed by atoms with Crippen LogP contribution in [0.2, 0.25) is 5.02 Å². The summed E-state index contributed by atoms with van der Waals surface area (Å²) in [5, 5.41) is 9.92. The Kier molecular flexibility index (Phi) is 2.78. The number of carbonyl (C=O) groups is 1. The lowest BCUT2D eigenvalue weighted by atomic mass is 9.95. The highest BCUT2D eigenvalue weighted by atomic mass is 35.5. The third-order valence-corrected chi connectivity index (χ3v) is 4.08. The molecule has 3 rings (SSSR count). The van der Waals surface area contributed by atoms with Crippen molar-refractivity contribution in [2.75, 3.05) is 0 Å². The maximum absolute atomic E-state index is 11.2. The average Bonchev–Trinajstić information content (AvgIpc) is 2.62. The van der Waals surface area contributed by atoms with E-state index in [1.807, 2.05) is 24.3 Å². The van der Waals surface area contributed by atoms with Gasteiger partial charge in [0.15, 0.2) is 0 Å². The quantitative estimate of drug-likeness (QED) is 0.840. The molecule has 1 saturated heterocycles. The summed E-state index contributed by atoms with van der Waals surface area (Å²) in [5.74, 6) is 0. The molecule has 4 heteroatoms. The van der Waals surface area contributed by atoms with Gasteiger partial charge in [0.2, 0.25) is 0 Å². The van der Waals surface area contributed by atoms with Crippen molar-refractivity contribution in [3.8, 4) is 0 Å². The van der Waals surface area contributed by atoms with Crippen LogP contribution in [0.4, 0.5) is 4.79 Å². The van der Waals surface area contributed by atoms with Gasteiger partial charge < -0.3 is 5.11 Å². The Balaban J connectivity index is 1.91. The third kappa shape index (κ3) is 1.89. The number of hydrogen-bond donors (Lipinski definition) is 1. The molecule has 2 unspecified atom stereocenters. The van der Waals surface area contributed by atoms with Crippen molar-refractivity contribution in [3.63, 3.8) is 0 Å². The molecule has 0 saturated carbocycles. The van der Waals surface area contributed by atoms with Gasteiger partial charge in [0.25, 0.3) is 0 Å². The van der Waals surface area contributed by atoms with Crippen LogP contribution in [-0.2, 0) is 0 Å². The van der Waals surface area contributed by atoms with E-state index in [-0.39, 0.29) is 12.1 Å². The first-order valence-corrected chi connectivity index (χ1v) is 6.51. The van der Waals surface area contributed by atoms with Gasteiger partial charge in [0, 0.05) is 11.1 Å². The molecule has 2 heterocycles. The Morgan fingerprint density at radius 1 is 1.28 bits per heavy atom. The van der Waals surface area contributed by atoms with Crippen LogP contribution in [-0.4, -0.2) is 28.2 Å². The second kappa shape index (κ2) is 4.32. The van der Waals surface area contributed by atoms with Crippen LogP contribution in [0.15, 0.2) is 30.3 Å². The monoisotopic (exact) mass is 263 g/mol. The predicted molar refractivity (Wildman–Crippen MR) is 70.7 cm³/mol. The zero-order valence-corrected chi connectivity index (χ0v) is 10.6. The molecule has 1 aromatic carbocycles. The largest absolute Gasteiger partial charge is 0.465 e. The number of amides is 1. The Labute approximate surface area is 111 Å². The van der Waals surface area contributed by atoms with E-state index in [4.69, 9.17) is 11.6 Å². The number of halogens is 1. The summed E-state index contributed by atoms with van der Waals surface area (Å²) in [5.41, 5.74) is 2.40. The maximum Gasteiger partial charge on any atom is 0.408 e. The number of carboxylic acid groups (broad SMARTS) is 1. The van der Waals surface area contributed by atoms with Crippen LogP contribution in [0.1, 0.15) is 24.8 Å². The van der Waals surface area contributed by atoms with E-state index in [2.05, 4.69) is 6.08 Å². The van der Waals surface area contributed by atoms with Gasteiger partial charge in [-0.15, -0.1) is 0 Å². The second-order valence-electron chi connectivity index (χ2n) is 4.89. The van der Waals surface area contributed by atoms with Gasteiger partial charge in [-0.1, -0.05) is 29.8 Å². The molecule has 0 spiro atoms. The number of benzene rings is 1. The van der Waals surface area contributed by atoms with Crippen molar-refractivity contribution in [2.24, 2.45) is 0 Å². The van der Waals surface area contributed by atoms with Gasteiger partial charge in [0.1, 0.15) is 0 Å². The SMILES string of the molecule is O=C(O)N1C2C=C(c3ccc(Cl)cc3)CC1CC2. The molecule has 2 aliphatic heterocycles. The number of rotatable bonds is 1. The zero-order chi connectivity index (χ0) is 12.7. The molecule has 2 aliphatic rings. The van der Waals surface area contributed by atoms with E-state index in [1.165, 1.54) is 5.57 Å². The van der Waals surface area contributed by atoms with E-state index in [0.29, 0.717) is 0 Å². The van der Waals surface area contributed by atoms with Gasteiger partial charge in [-0.3, -0.25) is 4.90 Å². The van der Waals surface area contributed by atoms with E-state index in [0.717, 1.165) is 29.8 Å². The fourth-order valence-corrected chi connectivity index (χ4v) is 3.13. The summed E-state index contributed by atoms with van der Waals surface area (Å²) < 4.78 is 0. The Hall–Kier alpha value is -1.48. The molecular formula is C14H14ClNO2. The van der Waals surface area contributed by atoms with Crippen LogP contribution >= 0.6 is 11.6 Å². The molecule has 94 valence electrons. The van der Waals surface area contributed by atoms with Crippen LogP contribution in [0.3, 0.4) is 0 Å². The Morgan fingerprint density at radius 3 is 2.61 bits per heavy atom. The minimum absolute atomic E-state index is 0.0481. The van der Waals surface area contributed by atoms with Crippen molar-refractivity contribution in [3.05, 3.63) is 40.9 Å². The van der Waals surface area contributed by atoms with Gasteiger partial charge in [-0.2, -0.15) is 0 Å². The standard InChI is InChI=1S/C14H14ClNO2/c15-11-3-1-9(2-4-11)10-7-12-5-6-13(8-10)16(12)14(17)18/h1-4,7,12-13H,5-6,8H2,(H,17,18). The molecule has 1 aromatic rings. The maximum atomic E-state index is 11.2. The summed E-state index contributed by atoms with van der Waals surface area (Å²) in [4.78, 5) is 12.8. The van der Waals surface area contributed by atoms with Crippen molar-refractivity contribution in [1.82, 2.24) is 4.90 Å². The van der Waals surface area contributed by atoms with Crippen molar-refractivity contribution in [1.29, 1.82) is 0 Å². The molecule has 2 atom stereocenters. The molecule has 1 N–H and O–H groups in total. The van der Waals surface area contributed by atoms with E-state index >= 15 is 0 Å². The summed E-state index contributed by atoms with van der Waals surface area (Å²) in [6.45, 7) is 0. The first-order valence-electron chi connectivity index (χ1n) is 6.13. The highest BCUT2D eigenvalue weighted by Crippen LogP contribution is 2.38. The summed E-state index contributed by atoms with van der Waals surface area (Å²) in [7, 11) is 0. The summed E-state index contributed by atoms with van der Waals surface area (Å²) in [6.07, 6.45) is 4.01. The lowest BCUT2D eigenvalue weighted by Crippen LogP contribution is -2.41. The first kappa shape index (κ1) is 11.6. The smallest absolute Gasteiger partial charge is 0.408 e. The molecule has 0 aromatic heterocycles. The number of hydrogen-bond acceptors (Lipinski definition) is 1. The van der Waals surface area contributed by atoms with Gasteiger partial charge in [-0.05, 0) is 42.5 Å². The highest BCUT2D eigenvalue weighted by molar-refractivity contribution is 6.30. The minimum Gasteiger partial charge on any atom is -0.465 e. The lowest BCUT2D eigenvalue weighted by Gasteiger charge is -2.31. The van der Waals surface area contributed by atoms with Gasteiger partial charge in [-0.25, -0.2) is 4.79 Å². The van der Waals surface area contributed by atoms with Crippen LogP contribution in [0.5, 0.6) is 0 Å². The fraction of sp³-hybridized carbons (Fsp3) is 0.357. The molecule has 2 bridgehead atoms. The van der Waals surface area contributed by atoms with Crippen molar-refractivity contribution < 1.29 is 9.90 Å². The van der Waals surface area contributed by atoms with Crippen LogP contribution < -0.4 is 0 Å². The highest BCUT2D eigenvalue weighted by Gasteiger charge is 2.39. The number of nitrogens with zero attached hydrogens (tertiary/aromatic N) is 1. The first-order chi connectivity index (χ1) is 8.65. The fourth-order valence-electron chi connectivity index (χ4n) is 3.01. The zero-order valence-electron chi connectivity index (χ0n) is 9.84. The Morgan fingerprint density at radius 2 is 2.00 bits per heavy atom. The van der Waals surface area contributed by atoms with Crippen LogP contribution in [0, 0.1) is 0 Å². The molecule has 0 radical (unpaired) electrons. The van der Waals surface area contributed by atoms with E-state index in [1.54, 1.807) is 4.90 Å².